The van der Waals surface area contributed by atoms with E-state index in [-0.39, 0.29) is 11.2 Å². The van der Waals surface area contributed by atoms with Crippen LogP contribution in [0, 0.1) is 17.2 Å². The zero-order valence-corrected chi connectivity index (χ0v) is 12.5. The molecule has 3 rings (SSSR count). The first-order valence-corrected chi connectivity index (χ1v) is 7.72. The van der Waals surface area contributed by atoms with Crippen LogP contribution < -0.4 is 5.32 Å². The van der Waals surface area contributed by atoms with E-state index in [4.69, 9.17) is 16.3 Å². The molecule has 1 aliphatic carbocycles. The Morgan fingerprint density at radius 2 is 2.25 bits per heavy atom. The molecule has 1 aromatic rings. The number of hydrogen-bond acceptors (Lipinski definition) is 2. The highest BCUT2D eigenvalue weighted by atomic mass is 35.5. The first-order valence-electron chi connectivity index (χ1n) is 7.35. The number of hydrogen-bond donors (Lipinski definition) is 1. The van der Waals surface area contributed by atoms with Gasteiger partial charge in [-0.25, -0.2) is 4.39 Å². The predicted octanol–water partition coefficient (Wildman–Crippen LogP) is 3.43. The van der Waals surface area contributed by atoms with Crippen LogP contribution in [0.15, 0.2) is 18.2 Å². The predicted molar refractivity (Wildman–Crippen MR) is 78.6 cm³/mol. The smallest absolute Gasteiger partial charge is 0.124 e. The molecule has 4 heteroatoms. The van der Waals surface area contributed by atoms with Gasteiger partial charge in [-0.15, -0.1) is 0 Å². The van der Waals surface area contributed by atoms with Crippen LogP contribution in [-0.2, 0) is 11.2 Å². The van der Waals surface area contributed by atoms with E-state index >= 15 is 0 Å². The van der Waals surface area contributed by atoms with E-state index in [1.165, 1.54) is 25.0 Å². The minimum absolute atomic E-state index is 0.0946. The van der Waals surface area contributed by atoms with E-state index < -0.39 is 0 Å². The molecule has 2 fully saturated rings. The molecule has 0 aromatic heterocycles. The van der Waals surface area contributed by atoms with Crippen LogP contribution in [0.4, 0.5) is 4.39 Å². The molecule has 2 atom stereocenters. The topological polar surface area (TPSA) is 21.3 Å². The number of halogens is 2. The van der Waals surface area contributed by atoms with E-state index in [2.05, 4.69) is 5.32 Å². The van der Waals surface area contributed by atoms with Crippen LogP contribution in [0.3, 0.4) is 0 Å². The van der Waals surface area contributed by atoms with Crippen molar-refractivity contribution in [3.05, 3.63) is 34.6 Å². The lowest BCUT2D eigenvalue weighted by Gasteiger charge is -2.34. The molecule has 1 saturated heterocycles. The summed E-state index contributed by atoms with van der Waals surface area (Å²) in [4.78, 5) is 0. The van der Waals surface area contributed by atoms with Crippen molar-refractivity contribution in [2.45, 2.75) is 31.8 Å². The molecule has 110 valence electrons. The van der Waals surface area contributed by atoms with Gasteiger partial charge in [-0.2, -0.15) is 0 Å². The van der Waals surface area contributed by atoms with Crippen molar-refractivity contribution in [2.24, 2.45) is 11.3 Å². The van der Waals surface area contributed by atoms with Crippen LogP contribution in [0.1, 0.15) is 24.8 Å². The van der Waals surface area contributed by atoms with E-state index in [1.54, 1.807) is 0 Å². The fourth-order valence-electron chi connectivity index (χ4n) is 3.58. The lowest BCUT2D eigenvalue weighted by Crippen LogP contribution is -2.42. The average molecular weight is 298 g/mol. The standard InChI is InChI=1S/C16H21ClFNO/c1-19-10-16(6-7-20-15(16)11-2-3-11)9-12-4-5-13(18)8-14(12)17/h4-5,8,11,15,19H,2-3,6-7,9-10H2,1H3. The van der Waals surface area contributed by atoms with Gasteiger partial charge in [0.15, 0.2) is 0 Å². The third kappa shape index (κ3) is 2.72. The highest BCUT2D eigenvalue weighted by Gasteiger charge is 2.50. The maximum absolute atomic E-state index is 13.2. The Morgan fingerprint density at radius 1 is 1.45 bits per heavy atom. The first kappa shape index (κ1) is 14.3. The van der Waals surface area contributed by atoms with E-state index in [0.717, 1.165) is 31.6 Å². The van der Waals surface area contributed by atoms with Crippen LogP contribution in [-0.4, -0.2) is 26.3 Å². The lowest BCUT2D eigenvalue weighted by molar-refractivity contribution is 0.0315. The van der Waals surface area contributed by atoms with E-state index in [1.807, 2.05) is 13.1 Å². The molecular formula is C16H21ClFNO. The summed E-state index contributed by atoms with van der Waals surface area (Å²) in [6, 6.07) is 4.72. The van der Waals surface area contributed by atoms with Crippen molar-refractivity contribution < 1.29 is 9.13 Å². The zero-order valence-electron chi connectivity index (χ0n) is 11.8. The number of benzene rings is 1. The van der Waals surface area contributed by atoms with E-state index in [0.29, 0.717) is 17.0 Å². The van der Waals surface area contributed by atoms with Gasteiger partial charge < -0.3 is 10.1 Å². The van der Waals surface area contributed by atoms with Gasteiger partial charge in [-0.1, -0.05) is 17.7 Å². The number of nitrogens with one attached hydrogen (secondary N) is 1. The molecule has 0 amide bonds. The Labute approximate surface area is 124 Å². The summed E-state index contributed by atoms with van der Waals surface area (Å²) in [5.74, 6) is 0.424. The largest absolute Gasteiger partial charge is 0.377 e. The molecule has 1 aromatic carbocycles. The normalized spacial score (nSPS) is 29.9. The van der Waals surface area contributed by atoms with Gasteiger partial charge in [0.25, 0.3) is 0 Å². The average Bonchev–Trinajstić information content (AvgIpc) is 3.16. The number of rotatable bonds is 5. The molecule has 0 spiro atoms. The monoisotopic (exact) mass is 297 g/mol. The quantitative estimate of drug-likeness (QED) is 0.899. The third-order valence-electron chi connectivity index (χ3n) is 4.64. The summed E-state index contributed by atoms with van der Waals surface area (Å²) in [6.07, 6.45) is 4.76. The summed E-state index contributed by atoms with van der Waals surface area (Å²) in [5, 5.41) is 3.85. The molecule has 2 unspecified atom stereocenters. The van der Waals surface area contributed by atoms with Gasteiger partial charge in [0.1, 0.15) is 5.82 Å². The van der Waals surface area contributed by atoms with Gasteiger partial charge in [0.2, 0.25) is 0 Å². The van der Waals surface area contributed by atoms with Crippen molar-refractivity contribution in [1.82, 2.24) is 5.32 Å². The van der Waals surface area contributed by atoms with Crippen LogP contribution in [0.5, 0.6) is 0 Å². The van der Waals surface area contributed by atoms with Gasteiger partial charge in [0.05, 0.1) is 6.10 Å². The molecule has 1 N–H and O–H groups in total. The molecule has 1 saturated carbocycles. The molecule has 1 heterocycles. The fraction of sp³-hybridized carbons (Fsp3) is 0.625. The highest BCUT2D eigenvalue weighted by Crippen LogP contribution is 2.49. The Balaban J connectivity index is 1.86. The summed E-state index contributed by atoms with van der Waals surface area (Å²) < 4.78 is 19.2. The Hall–Kier alpha value is -0.640. The van der Waals surface area contributed by atoms with E-state index in [9.17, 15) is 4.39 Å². The second kappa shape index (κ2) is 5.63. The first-order chi connectivity index (χ1) is 9.64. The maximum Gasteiger partial charge on any atom is 0.124 e. The SMILES string of the molecule is CNCC1(Cc2ccc(F)cc2Cl)CCOC1C1CC1. The highest BCUT2D eigenvalue weighted by molar-refractivity contribution is 6.31. The Morgan fingerprint density at radius 3 is 2.90 bits per heavy atom. The van der Waals surface area contributed by atoms with Crippen molar-refractivity contribution in [1.29, 1.82) is 0 Å². The summed E-state index contributed by atoms with van der Waals surface area (Å²) in [5.41, 5.74) is 1.12. The van der Waals surface area contributed by atoms with Gasteiger partial charge in [-0.3, -0.25) is 0 Å². The van der Waals surface area contributed by atoms with Crippen molar-refractivity contribution in [3.63, 3.8) is 0 Å². The van der Waals surface area contributed by atoms with Gasteiger partial charge in [0, 0.05) is 23.6 Å². The molecule has 0 radical (unpaired) electrons. The summed E-state index contributed by atoms with van der Waals surface area (Å²) >= 11 is 6.21. The van der Waals surface area contributed by atoms with Crippen molar-refractivity contribution in [2.75, 3.05) is 20.2 Å². The lowest BCUT2D eigenvalue weighted by atomic mass is 9.74. The van der Waals surface area contributed by atoms with Gasteiger partial charge in [-0.05, 0) is 56.3 Å². The third-order valence-corrected chi connectivity index (χ3v) is 4.99. The molecule has 2 nitrogen and oxygen atoms in total. The Kier molecular flexibility index (Phi) is 4.02. The van der Waals surface area contributed by atoms with Crippen molar-refractivity contribution >= 4 is 11.6 Å². The van der Waals surface area contributed by atoms with Crippen LogP contribution >= 0.6 is 11.6 Å². The molecule has 1 aliphatic heterocycles. The van der Waals surface area contributed by atoms with Crippen LogP contribution in [0.2, 0.25) is 5.02 Å². The van der Waals surface area contributed by atoms with Gasteiger partial charge >= 0.3 is 0 Å². The molecule has 2 aliphatic rings. The second-order valence-corrected chi connectivity index (χ2v) is 6.59. The molecular weight excluding hydrogens is 277 g/mol. The number of ether oxygens (including phenoxy) is 1. The van der Waals surface area contributed by atoms with Crippen LogP contribution in [0.25, 0.3) is 0 Å². The minimum Gasteiger partial charge on any atom is -0.377 e. The second-order valence-electron chi connectivity index (χ2n) is 6.18. The zero-order chi connectivity index (χ0) is 14.2. The minimum atomic E-state index is -0.275. The molecule has 0 bridgehead atoms. The fourth-order valence-corrected chi connectivity index (χ4v) is 3.81. The summed E-state index contributed by atoms with van der Waals surface area (Å²) in [7, 11) is 1.98. The Bertz CT molecular complexity index is 491. The summed E-state index contributed by atoms with van der Waals surface area (Å²) in [6.45, 7) is 1.74. The maximum atomic E-state index is 13.2. The van der Waals surface area contributed by atoms with Crippen molar-refractivity contribution in [3.8, 4) is 0 Å². The molecule has 20 heavy (non-hydrogen) atoms.